The van der Waals surface area contributed by atoms with Gasteiger partial charge in [0.1, 0.15) is 6.54 Å². The number of aliphatic carboxylic acids is 1. The zero-order chi connectivity index (χ0) is 15.4. The van der Waals surface area contributed by atoms with Gasteiger partial charge in [-0.2, -0.15) is 0 Å². The Morgan fingerprint density at radius 1 is 1.35 bits per heavy atom. The first-order chi connectivity index (χ1) is 9.49. The maximum absolute atomic E-state index is 11.3. The van der Waals surface area contributed by atoms with Crippen molar-refractivity contribution >= 4 is 11.9 Å². The summed E-state index contributed by atoms with van der Waals surface area (Å²) in [6.45, 7) is 8.19. The largest absolute Gasteiger partial charge is 0.480 e. The smallest absolute Gasteiger partial charge is 0.322 e. The van der Waals surface area contributed by atoms with E-state index in [1.165, 1.54) is 5.57 Å². The summed E-state index contributed by atoms with van der Waals surface area (Å²) in [5, 5.41) is 13.7. The zero-order valence-electron chi connectivity index (χ0n) is 12.2. The van der Waals surface area contributed by atoms with Crippen LogP contribution in [0.1, 0.15) is 20.3 Å². The van der Waals surface area contributed by atoms with Crippen molar-refractivity contribution in [3.8, 4) is 0 Å². The van der Waals surface area contributed by atoms with Gasteiger partial charge >= 0.3 is 5.97 Å². The molecule has 1 amide bonds. The Balaban J connectivity index is 3.90. The van der Waals surface area contributed by atoms with Gasteiger partial charge in [-0.1, -0.05) is 43.4 Å². The number of nitrogens with one attached hydrogen (secondary N) is 2. The Bertz CT molecular complexity index is 387. The molecule has 5 nitrogen and oxygen atoms in total. The van der Waals surface area contributed by atoms with Gasteiger partial charge in [-0.25, -0.2) is 0 Å². The summed E-state index contributed by atoms with van der Waals surface area (Å²) in [4.78, 5) is 21.5. The highest BCUT2D eigenvalue weighted by molar-refractivity contribution is 5.82. The van der Waals surface area contributed by atoms with Crippen LogP contribution in [0, 0.1) is 5.92 Å². The number of hydrogen-bond acceptors (Lipinski definition) is 3. The summed E-state index contributed by atoms with van der Waals surface area (Å²) in [7, 11) is 0. The minimum absolute atomic E-state index is 0.130. The van der Waals surface area contributed by atoms with Gasteiger partial charge in [0.05, 0.1) is 6.54 Å². The van der Waals surface area contributed by atoms with Crippen LogP contribution >= 0.6 is 0 Å². The molecule has 0 fully saturated rings. The van der Waals surface area contributed by atoms with E-state index >= 15 is 0 Å². The fourth-order valence-electron chi connectivity index (χ4n) is 1.62. The number of carbonyl (C=O) groups excluding carboxylic acids is 1. The molecule has 0 rings (SSSR count). The highest BCUT2D eigenvalue weighted by Crippen LogP contribution is 2.11. The molecule has 1 atom stereocenters. The molecule has 0 radical (unpaired) electrons. The van der Waals surface area contributed by atoms with Crippen molar-refractivity contribution in [2.75, 3.05) is 19.6 Å². The summed E-state index contributed by atoms with van der Waals surface area (Å²) >= 11 is 0. The summed E-state index contributed by atoms with van der Waals surface area (Å²) < 4.78 is 0. The molecule has 0 aliphatic rings. The van der Waals surface area contributed by atoms with Crippen LogP contribution in [0.3, 0.4) is 0 Å². The van der Waals surface area contributed by atoms with Gasteiger partial charge in [-0.3, -0.25) is 9.59 Å². The molecule has 0 aromatic carbocycles. The molecule has 0 aromatic heterocycles. The number of allylic oxidation sites excluding steroid dienone is 5. The van der Waals surface area contributed by atoms with Gasteiger partial charge in [-0.15, -0.1) is 0 Å². The van der Waals surface area contributed by atoms with Crippen molar-refractivity contribution in [2.24, 2.45) is 5.92 Å². The lowest BCUT2D eigenvalue weighted by Gasteiger charge is -2.13. The predicted molar refractivity (Wildman–Crippen MR) is 80.4 cm³/mol. The van der Waals surface area contributed by atoms with Crippen LogP contribution in [0.15, 0.2) is 36.5 Å². The zero-order valence-corrected chi connectivity index (χ0v) is 12.2. The maximum atomic E-state index is 11.3. The van der Waals surface area contributed by atoms with Gasteiger partial charge in [0.25, 0.3) is 0 Å². The van der Waals surface area contributed by atoms with Gasteiger partial charge in [0.15, 0.2) is 0 Å². The first-order valence-electron chi connectivity index (χ1n) is 6.63. The molecule has 0 aromatic rings. The van der Waals surface area contributed by atoms with E-state index in [9.17, 15) is 9.59 Å². The number of carboxylic acid groups (broad SMARTS) is 1. The van der Waals surface area contributed by atoms with Crippen LogP contribution in [0.2, 0.25) is 0 Å². The standard InChI is InChI=1S/C15H24N2O3/c1-4-6-7-13(5-2)8-12(3)9-16-10-14(18)17-11-15(19)20/h4-7,12,16H,1,8-11H2,2-3H3,(H,17,18)(H,19,20)/b7-6-,13-5+. The van der Waals surface area contributed by atoms with Crippen LogP contribution < -0.4 is 10.6 Å². The fraction of sp³-hybridized carbons (Fsp3) is 0.467. The average molecular weight is 280 g/mol. The number of hydrogen-bond donors (Lipinski definition) is 3. The third kappa shape index (κ3) is 10.1. The lowest BCUT2D eigenvalue weighted by atomic mass is 10.0. The quantitative estimate of drug-likeness (QED) is 0.530. The number of amides is 1. The van der Waals surface area contributed by atoms with Crippen molar-refractivity contribution in [3.05, 3.63) is 36.5 Å². The summed E-state index contributed by atoms with van der Waals surface area (Å²) in [5.74, 6) is -0.973. The van der Waals surface area contributed by atoms with E-state index in [1.54, 1.807) is 6.08 Å². The van der Waals surface area contributed by atoms with Crippen molar-refractivity contribution in [1.82, 2.24) is 10.6 Å². The fourth-order valence-corrected chi connectivity index (χ4v) is 1.62. The Morgan fingerprint density at radius 3 is 2.60 bits per heavy atom. The molecule has 0 saturated heterocycles. The molecule has 0 aliphatic heterocycles. The second-order valence-corrected chi connectivity index (χ2v) is 4.57. The van der Waals surface area contributed by atoms with E-state index in [-0.39, 0.29) is 19.0 Å². The monoisotopic (exact) mass is 280 g/mol. The van der Waals surface area contributed by atoms with E-state index in [4.69, 9.17) is 5.11 Å². The van der Waals surface area contributed by atoms with Crippen LogP contribution in [0.25, 0.3) is 0 Å². The topological polar surface area (TPSA) is 78.4 Å². The molecular formula is C15H24N2O3. The maximum Gasteiger partial charge on any atom is 0.322 e. The normalized spacial score (nSPS) is 13.2. The predicted octanol–water partition coefficient (Wildman–Crippen LogP) is 1.49. The Morgan fingerprint density at radius 2 is 2.05 bits per heavy atom. The third-order valence-corrected chi connectivity index (χ3v) is 2.62. The molecule has 0 bridgehead atoms. The third-order valence-electron chi connectivity index (χ3n) is 2.62. The van der Waals surface area contributed by atoms with Crippen LogP contribution in [0.5, 0.6) is 0 Å². The Kier molecular flexibility index (Phi) is 9.96. The lowest BCUT2D eigenvalue weighted by Crippen LogP contribution is -2.38. The van der Waals surface area contributed by atoms with Crippen LogP contribution in [-0.2, 0) is 9.59 Å². The molecule has 0 spiro atoms. The second kappa shape index (κ2) is 11.0. The summed E-state index contributed by atoms with van der Waals surface area (Å²) in [5.41, 5.74) is 1.22. The minimum Gasteiger partial charge on any atom is -0.480 e. The molecule has 20 heavy (non-hydrogen) atoms. The van der Waals surface area contributed by atoms with Crippen molar-refractivity contribution in [1.29, 1.82) is 0 Å². The minimum atomic E-state index is -1.04. The highest BCUT2D eigenvalue weighted by Gasteiger charge is 2.06. The van der Waals surface area contributed by atoms with E-state index in [0.29, 0.717) is 12.5 Å². The highest BCUT2D eigenvalue weighted by atomic mass is 16.4. The van der Waals surface area contributed by atoms with Crippen LogP contribution in [-0.4, -0.2) is 36.6 Å². The summed E-state index contributed by atoms with van der Waals surface area (Å²) in [6.07, 6.45) is 8.61. The van der Waals surface area contributed by atoms with E-state index in [1.807, 2.05) is 19.1 Å². The van der Waals surface area contributed by atoms with Crippen molar-refractivity contribution in [3.63, 3.8) is 0 Å². The van der Waals surface area contributed by atoms with E-state index in [2.05, 4.69) is 30.2 Å². The van der Waals surface area contributed by atoms with Crippen molar-refractivity contribution in [2.45, 2.75) is 20.3 Å². The molecule has 0 heterocycles. The number of carbonyl (C=O) groups is 2. The Labute approximate surface area is 120 Å². The SMILES string of the molecule is C=C/C=C\C(=C/C)CC(C)CNCC(=O)NCC(=O)O. The first-order valence-corrected chi connectivity index (χ1v) is 6.63. The molecular weight excluding hydrogens is 256 g/mol. The van der Waals surface area contributed by atoms with Gasteiger partial charge in [-0.05, 0) is 25.8 Å². The molecule has 0 aliphatic carbocycles. The van der Waals surface area contributed by atoms with Crippen LogP contribution in [0.4, 0.5) is 0 Å². The Hall–Kier alpha value is -1.88. The average Bonchev–Trinajstić information content (AvgIpc) is 2.41. The second-order valence-electron chi connectivity index (χ2n) is 4.57. The molecule has 1 unspecified atom stereocenters. The molecule has 3 N–H and O–H groups in total. The van der Waals surface area contributed by atoms with Gasteiger partial charge in [0, 0.05) is 0 Å². The van der Waals surface area contributed by atoms with E-state index < -0.39 is 5.97 Å². The van der Waals surface area contributed by atoms with E-state index in [0.717, 1.165) is 6.42 Å². The number of rotatable bonds is 10. The molecule has 5 heteroatoms. The molecule has 112 valence electrons. The van der Waals surface area contributed by atoms with Gasteiger partial charge < -0.3 is 15.7 Å². The number of carboxylic acids is 1. The molecule has 0 saturated carbocycles. The lowest BCUT2D eigenvalue weighted by molar-refractivity contribution is -0.137. The first kappa shape index (κ1) is 18.1. The van der Waals surface area contributed by atoms with Gasteiger partial charge in [0.2, 0.25) is 5.91 Å². The summed E-state index contributed by atoms with van der Waals surface area (Å²) in [6, 6.07) is 0. The van der Waals surface area contributed by atoms with Crippen molar-refractivity contribution < 1.29 is 14.7 Å².